The number of halogens is 1. The summed E-state index contributed by atoms with van der Waals surface area (Å²) in [5, 5.41) is 1.99. The molecule has 1 heterocycles. The second-order valence-electron chi connectivity index (χ2n) is 4.80. The molecule has 4 nitrogen and oxygen atoms in total. The first-order valence-corrected chi connectivity index (χ1v) is 9.48. The van der Waals surface area contributed by atoms with Gasteiger partial charge < -0.3 is 5.73 Å². The fourth-order valence-electron chi connectivity index (χ4n) is 1.96. The zero-order chi connectivity index (χ0) is 15.6. The molecule has 7 heteroatoms. The summed E-state index contributed by atoms with van der Waals surface area (Å²) in [5.74, 6) is 0. The highest BCUT2D eigenvalue weighted by atomic mass is 79.9. The summed E-state index contributed by atoms with van der Waals surface area (Å²) >= 11 is 4.94. The van der Waals surface area contributed by atoms with Gasteiger partial charge in [-0.05, 0) is 58.4 Å². The summed E-state index contributed by atoms with van der Waals surface area (Å²) in [6.07, 6.45) is 0.707. The van der Waals surface area contributed by atoms with Crippen molar-refractivity contribution < 1.29 is 8.42 Å². The van der Waals surface area contributed by atoms with Crippen molar-refractivity contribution in [1.29, 1.82) is 0 Å². The average molecular weight is 389 g/mol. The van der Waals surface area contributed by atoms with Gasteiger partial charge in [0.25, 0.3) is 0 Å². The second kappa shape index (κ2) is 6.48. The Balaban J connectivity index is 2.22. The number of anilines is 1. The van der Waals surface area contributed by atoms with Gasteiger partial charge in [-0.3, -0.25) is 0 Å². The van der Waals surface area contributed by atoms with Crippen LogP contribution < -0.4 is 5.73 Å². The molecule has 1 aromatic carbocycles. The maximum atomic E-state index is 12.6. The predicted molar refractivity (Wildman–Crippen MR) is 91.1 cm³/mol. The molecule has 0 atom stereocenters. The van der Waals surface area contributed by atoms with Gasteiger partial charge in [0.1, 0.15) is 0 Å². The van der Waals surface area contributed by atoms with Crippen molar-refractivity contribution in [3.8, 4) is 0 Å². The Labute approximate surface area is 137 Å². The topological polar surface area (TPSA) is 63.4 Å². The number of nitrogens with zero attached hydrogens (tertiary/aromatic N) is 1. The zero-order valence-electron chi connectivity index (χ0n) is 11.8. The van der Waals surface area contributed by atoms with E-state index in [1.54, 1.807) is 31.4 Å². The number of benzene rings is 1. The van der Waals surface area contributed by atoms with Gasteiger partial charge in [-0.1, -0.05) is 6.07 Å². The van der Waals surface area contributed by atoms with Crippen LogP contribution in [0.4, 0.5) is 5.69 Å². The van der Waals surface area contributed by atoms with Gasteiger partial charge in [-0.2, -0.15) is 0 Å². The first-order valence-electron chi connectivity index (χ1n) is 6.36. The molecule has 1 aromatic heterocycles. The molecule has 0 saturated carbocycles. The van der Waals surface area contributed by atoms with Crippen LogP contribution in [0.5, 0.6) is 0 Å². The van der Waals surface area contributed by atoms with E-state index >= 15 is 0 Å². The highest BCUT2D eigenvalue weighted by Crippen LogP contribution is 2.28. The van der Waals surface area contributed by atoms with Crippen molar-refractivity contribution >= 4 is 43.0 Å². The Kier molecular flexibility index (Phi) is 5.08. The van der Waals surface area contributed by atoms with E-state index in [4.69, 9.17) is 5.73 Å². The number of nitrogen functional groups attached to an aromatic ring is 1. The molecule has 0 aliphatic heterocycles. The SMILES string of the molecule is Cc1cc(Br)c(N)cc1S(=O)(=O)N(C)CCc1cccs1. The lowest BCUT2D eigenvalue weighted by molar-refractivity contribution is 0.473. The number of sulfonamides is 1. The Bertz CT molecular complexity index is 728. The molecule has 0 spiro atoms. The number of rotatable bonds is 5. The number of hydrogen-bond donors (Lipinski definition) is 1. The van der Waals surface area contributed by atoms with Crippen LogP contribution in [-0.2, 0) is 16.4 Å². The van der Waals surface area contributed by atoms with Crippen molar-refractivity contribution in [3.05, 3.63) is 44.6 Å². The van der Waals surface area contributed by atoms with Gasteiger partial charge in [0, 0.05) is 28.6 Å². The summed E-state index contributed by atoms with van der Waals surface area (Å²) in [6.45, 7) is 2.21. The van der Waals surface area contributed by atoms with Crippen LogP contribution in [0, 0.1) is 6.92 Å². The third kappa shape index (κ3) is 3.66. The monoisotopic (exact) mass is 388 g/mol. The molecule has 2 aromatic rings. The normalized spacial score (nSPS) is 12.0. The highest BCUT2D eigenvalue weighted by molar-refractivity contribution is 9.10. The molecule has 21 heavy (non-hydrogen) atoms. The lowest BCUT2D eigenvalue weighted by Crippen LogP contribution is -2.29. The Morgan fingerprint density at radius 1 is 1.38 bits per heavy atom. The molecule has 2 N–H and O–H groups in total. The highest BCUT2D eigenvalue weighted by Gasteiger charge is 2.23. The van der Waals surface area contributed by atoms with Gasteiger partial charge in [0.05, 0.1) is 4.90 Å². The molecule has 0 radical (unpaired) electrons. The molecule has 0 fully saturated rings. The smallest absolute Gasteiger partial charge is 0.243 e. The van der Waals surface area contributed by atoms with Crippen molar-refractivity contribution in [2.24, 2.45) is 0 Å². The van der Waals surface area contributed by atoms with Crippen LogP contribution >= 0.6 is 27.3 Å². The molecule has 0 aliphatic carbocycles. The molecular weight excluding hydrogens is 372 g/mol. The van der Waals surface area contributed by atoms with Gasteiger partial charge in [0.2, 0.25) is 10.0 Å². The number of likely N-dealkylation sites (N-methyl/N-ethyl adjacent to an activating group) is 1. The van der Waals surface area contributed by atoms with E-state index in [9.17, 15) is 8.42 Å². The molecule has 114 valence electrons. The zero-order valence-corrected chi connectivity index (χ0v) is 15.1. The van der Waals surface area contributed by atoms with Crippen LogP contribution in [0.3, 0.4) is 0 Å². The van der Waals surface area contributed by atoms with Crippen molar-refractivity contribution in [3.63, 3.8) is 0 Å². The van der Waals surface area contributed by atoms with E-state index in [0.717, 1.165) is 0 Å². The lowest BCUT2D eigenvalue weighted by atomic mass is 10.2. The van der Waals surface area contributed by atoms with Crippen molar-refractivity contribution in [1.82, 2.24) is 4.31 Å². The Hall–Kier alpha value is -0.890. The lowest BCUT2D eigenvalue weighted by Gasteiger charge is -2.19. The van der Waals surface area contributed by atoms with Crippen molar-refractivity contribution in [2.45, 2.75) is 18.2 Å². The first-order chi connectivity index (χ1) is 9.82. The van der Waals surface area contributed by atoms with Gasteiger partial charge >= 0.3 is 0 Å². The Morgan fingerprint density at radius 3 is 2.71 bits per heavy atom. The fourth-order valence-corrected chi connectivity index (χ4v) is 4.52. The average Bonchev–Trinajstić information content (AvgIpc) is 2.93. The fraction of sp³-hybridized carbons (Fsp3) is 0.286. The number of aryl methyl sites for hydroxylation is 1. The minimum absolute atomic E-state index is 0.261. The first kappa shape index (κ1) is 16.5. The molecule has 0 amide bonds. The second-order valence-corrected chi connectivity index (χ2v) is 8.70. The Morgan fingerprint density at radius 2 is 2.10 bits per heavy atom. The largest absolute Gasteiger partial charge is 0.398 e. The van der Waals surface area contributed by atoms with Crippen molar-refractivity contribution in [2.75, 3.05) is 19.3 Å². The van der Waals surface area contributed by atoms with E-state index in [1.807, 2.05) is 17.5 Å². The minimum Gasteiger partial charge on any atom is -0.398 e. The van der Waals surface area contributed by atoms with E-state index < -0.39 is 10.0 Å². The molecule has 2 rings (SSSR count). The van der Waals surface area contributed by atoms with E-state index in [1.165, 1.54) is 15.2 Å². The minimum atomic E-state index is -3.53. The summed E-state index contributed by atoms with van der Waals surface area (Å²) in [4.78, 5) is 1.43. The van der Waals surface area contributed by atoms with Crippen LogP contribution in [0.25, 0.3) is 0 Å². The molecule has 0 aliphatic rings. The van der Waals surface area contributed by atoms with E-state index in [2.05, 4.69) is 15.9 Å². The van der Waals surface area contributed by atoms with Crippen LogP contribution in [0.1, 0.15) is 10.4 Å². The number of thiophene rings is 1. The van der Waals surface area contributed by atoms with Crippen LogP contribution in [0.2, 0.25) is 0 Å². The summed E-state index contributed by atoms with van der Waals surface area (Å²) in [6, 6.07) is 7.22. The number of nitrogens with two attached hydrogens (primary N) is 1. The van der Waals surface area contributed by atoms with Crippen LogP contribution in [-0.4, -0.2) is 26.3 Å². The standard InChI is InChI=1S/C14H17BrN2O2S2/c1-10-8-12(15)13(16)9-14(10)21(18,19)17(2)6-5-11-4-3-7-20-11/h3-4,7-9H,5-6,16H2,1-2H3. The third-order valence-corrected chi connectivity index (χ3v) is 6.86. The third-order valence-electron chi connectivity index (χ3n) is 3.24. The maximum absolute atomic E-state index is 12.6. The molecule has 0 bridgehead atoms. The number of hydrogen-bond acceptors (Lipinski definition) is 4. The summed E-state index contributed by atoms with van der Waals surface area (Å²) in [5.41, 5.74) is 6.91. The van der Waals surface area contributed by atoms with Gasteiger partial charge in [-0.15, -0.1) is 11.3 Å². The van der Waals surface area contributed by atoms with Gasteiger partial charge in [-0.25, -0.2) is 12.7 Å². The predicted octanol–water partition coefficient (Wildman–Crippen LogP) is 3.26. The van der Waals surface area contributed by atoms with E-state index in [0.29, 0.717) is 28.7 Å². The van der Waals surface area contributed by atoms with E-state index in [-0.39, 0.29) is 4.90 Å². The summed E-state index contributed by atoms with van der Waals surface area (Å²) < 4.78 is 27.4. The molecular formula is C14H17BrN2O2S2. The molecule has 0 unspecified atom stereocenters. The van der Waals surface area contributed by atoms with Gasteiger partial charge in [0.15, 0.2) is 0 Å². The molecule has 0 saturated heterocycles. The maximum Gasteiger partial charge on any atom is 0.243 e. The van der Waals surface area contributed by atoms with Crippen LogP contribution in [0.15, 0.2) is 39.0 Å². The quantitative estimate of drug-likeness (QED) is 0.799. The summed E-state index contributed by atoms with van der Waals surface area (Å²) in [7, 11) is -1.93.